The van der Waals surface area contributed by atoms with E-state index in [9.17, 15) is 9.59 Å². The summed E-state index contributed by atoms with van der Waals surface area (Å²) >= 11 is 0. The van der Waals surface area contributed by atoms with E-state index in [1.807, 2.05) is 61.5 Å². The van der Waals surface area contributed by atoms with Gasteiger partial charge >= 0.3 is 0 Å². The van der Waals surface area contributed by atoms with Gasteiger partial charge in [0.25, 0.3) is 0 Å². The van der Waals surface area contributed by atoms with Crippen LogP contribution in [0, 0.1) is 0 Å². The summed E-state index contributed by atoms with van der Waals surface area (Å²) < 4.78 is 10.8. The highest BCUT2D eigenvalue weighted by atomic mass is 16.5. The zero-order chi connectivity index (χ0) is 24.0. The van der Waals surface area contributed by atoms with Gasteiger partial charge in [0.05, 0.1) is 13.2 Å². The first kappa shape index (κ1) is 24.8. The Labute approximate surface area is 200 Å². The fraction of sp³-hybridized carbons (Fsp3) is 0.259. The predicted octanol–water partition coefficient (Wildman–Crippen LogP) is 4.72. The van der Waals surface area contributed by atoms with Crippen molar-refractivity contribution in [3.8, 4) is 5.75 Å². The molecule has 0 aliphatic carbocycles. The zero-order valence-electron chi connectivity index (χ0n) is 19.4. The molecular weight excluding hydrogens is 430 g/mol. The number of carbonyl (C=O) groups excluding carboxylic acids is 2. The molecule has 0 bridgehead atoms. The lowest BCUT2D eigenvalue weighted by molar-refractivity contribution is -0.116. The number of ether oxygens (including phenoxy) is 2. The van der Waals surface area contributed by atoms with Gasteiger partial charge in [-0.2, -0.15) is 0 Å². The molecule has 0 atom stereocenters. The van der Waals surface area contributed by atoms with Crippen LogP contribution in [0.1, 0.15) is 18.9 Å². The molecule has 0 aromatic heterocycles. The van der Waals surface area contributed by atoms with Crippen LogP contribution in [0.4, 0.5) is 17.1 Å². The normalized spacial score (nSPS) is 10.4. The summed E-state index contributed by atoms with van der Waals surface area (Å²) in [6, 6.07) is 24.4. The first-order valence-electron chi connectivity index (χ1n) is 11.4. The summed E-state index contributed by atoms with van der Waals surface area (Å²) in [5.74, 6) is 0.487. The summed E-state index contributed by atoms with van der Waals surface area (Å²) in [4.78, 5) is 24.6. The molecule has 0 unspecified atom stereocenters. The number of anilines is 3. The number of rotatable bonds is 13. The van der Waals surface area contributed by atoms with E-state index in [4.69, 9.17) is 9.47 Å². The molecule has 0 heterocycles. The van der Waals surface area contributed by atoms with Crippen molar-refractivity contribution in [2.24, 2.45) is 0 Å². The lowest BCUT2D eigenvalue weighted by atomic mass is 10.1. The van der Waals surface area contributed by atoms with Crippen molar-refractivity contribution in [1.29, 1.82) is 0 Å². The Balaban J connectivity index is 1.40. The Kier molecular flexibility index (Phi) is 9.95. The average molecular weight is 462 g/mol. The largest absolute Gasteiger partial charge is 0.491 e. The van der Waals surface area contributed by atoms with Crippen molar-refractivity contribution in [3.63, 3.8) is 0 Å². The molecule has 34 heavy (non-hydrogen) atoms. The molecule has 0 aliphatic rings. The first-order valence-corrected chi connectivity index (χ1v) is 11.4. The minimum atomic E-state index is -0.190. The van der Waals surface area contributed by atoms with Crippen molar-refractivity contribution in [3.05, 3.63) is 84.4 Å². The van der Waals surface area contributed by atoms with E-state index >= 15 is 0 Å². The molecule has 0 saturated heterocycles. The quantitative estimate of drug-likeness (QED) is 0.321. The standard InChI is InChI=1S/C27H31N3O4/c1-2-33-17-18-34-25-14-12-22(13-15-25)28-20-27(32)30-24-10-6-9-23(19-24)29-26(31)16-11-21-7-4-3-5-8-21/h3-10,12-15,19,28H,2,11,16-18,20H2,1H3,(H,29,31)(H,30,32). The molecule has 0 aliphatic heterocycles. The smallest absolute Gasteiger partial charge is 0.243 e. The lowest BCUT2D eigenvalue weighted by Crippen LogP contribution is -2.21. The zero-order valence-corrected chi connectivity index (χ0v) is 19.4. The first-order chi connectivity index (χ1) is 16.6. The Morgan fingerprint density at radius 2 is 1.47 bits per heavy atom. The van der Waals surface area contributed by atoms with Crippen molar-refractivity contribution in [2.45, 2.75) is 19.8 Å². The summed E-state index contributed by atoms with van der Waals surface area (Å²) in [5, 5.41) is 8.81. The maximum absolute atomic E-state index is 12.3. The Morgan fingerprint density at radius 3 is 2.18 bits per heavy atom. The van der Waals surface area contributed by atoms with E-state index in [2.05, 4.69) is 16.0 Å². The second-order valence-electron chi connectivity index (χ2n) is 7.59. The van der Waals surface area contributed by atoms with Gasteiger partial charge in [-0.1, -0.05) is 36.4 Å². The minimum absolute atomic E-state index is 0.0701. The van der Waals surface area contributed by atoms with Gasteiger partial charge in [0, 0.05) is 30.1 Å². The summed E-state index contributed by atoms with van der Waals surface area (Å²) in [6.07, 6.45) is 1.07. The van der Waals surface area contributed by atoms with E-state index < -0.39 is 0 Å². The van der Waals surface area contributed by atoms with Crippen molar-refractivity contribution in [2.75, 3.05) is 42.3 Å². The van der Waals surface area contributed by atoms with Crippen LogP contribution >= 0.6 is 0 Å². The van der Waals surface area contributed by atoms with Crippen LogP contribution < -0.4 is 20.7 Å². The van der Waals surface area contributed by atoms with Crippen molar-refractivity contribution >= 4 is 28.9 Å². The molecular formula is C27H31N3O4. The third-order valence-corrected chi connectivity index (χ3v) is 4.92. The van der Waals surface area contributed by atoms with Gasteiger partial charge in [0.15, 0.2) is 0 Å². The maximum atomic E-state index is 12.3. The summed E-state index contributed by atoms with van der Waals surface area (Å²) in [6.45, 7) is 3.77. The van der Waals surface area contributed by atoms with Gasteiger partial charge in [-0.05, 0) is 61.4 Å². The number of amides is 2. The average Bonchev–Trinajstić information content (AvgIpc) is 2.86. The van der Waals surface area contributed by atoms with Crippen LogP contribution in [0.25, 0.3) is 0 Å². The van der Waals surface area contributed by atoms with Crippen LogP contribution in [0.3, 0.4) is 0 Å². The molecule has 0 fully saturated rings. The van der Waals surface area contributed by atoms with Gasteiger partial charge in [0.2, 0.25) is 11.8 Å². The molecule has 7 nitrogen and oxygen atoms in total. The van der Waals surface area contributed by atoms with Crippen molar-refractivity contribution in [1.82, 2.24) is 0 Å². The van der Waals surface area contributed by atoms with Crippen LogP contribution in [0.2, 0.25) is 0 Å². The molecule has 3 aromatic carbocycles. The van der Waals surface area contributed by atoms with Gasteiger partial charge in [-0.25, -0.2) is 0 Å². The fourth-order valence-corrected chi connectivity index (χ4v) is 3.22. The third kappa shape index (κ3) is 8.96. The van der Waals surface area contributed by atoms with Crippen molar-refractivity contribution < 1.29 is 19.1 Å². The number of aryl methyl sites for hydroxylation is 1. The van der Waals surface area contributed by atoms with E-state index in [1.165, 1.54) is 0 Å². The minimum Gasteiger partial charge on any atom is -0.491 e. The molecule has 7 heteroatoms. The number of carbonyl (C=O) groups is 2. The van der Waals surface area contributed by atoms with Gasteiger partial charge in [0.1, 0.15) is 12.4 Å². The number of nitrogens with one attached hydrogen (secondary N) is 3. The monoisotopic (exact) mass is 461 g/mol. The number of benzene rings is 3. The summed E-state index contributed by atoms with van der Waals surface area (Å²) in [7, 11) is 0. The molecule has 2 amide bonds. The summed E-state index contributed by atoms with van der Waals surface area (Å²) in [5.41, 5.74) is 3.19. The third-order valence-electron chi connectivity index (χ3n) is 4.92. The van der Waals surface area contributed by atoms with E-state index in [1.54, 1.807) is 24.3 Å². The highest BCUT2D eigenvalue weighted by Crippen LogP contribution is 2.17. The van der Waals surface area contributed by atoms with Crippen LogP contribution in [-0.4, -0.2) is 38.2 Å². The Morgan fingerprint density at radius 1 is 0.765 bits per heavy atom. The molecule has 178 valence electrons. The van der Waals surface area contributed by atoms with Crippen LogP contribution in [-0.2, 0) is 20.7 Å². The maximum Gasteiger partial charge on any atom is 0.243 e. The number of hydrogen-bond donors (Lipinski definition) is 3. The molecule has 3 aromatic rings. The van der Waals surface area contributed by atoms with E-state index in [-0.39, 0.29) is 18.4 Å². The fourth-order valence-electron chi connectivity index (χ4n) is 3.22. The van der Waals surface area contributed by atoms with Crippen LogP contribution in [0.5, 0.6) is 5.75 Å². The van der Waals surface area contributed by atoms with E-state index in [0.717, 1.165) is 17.0 Å². The second-order valence-corrected chi connectivity index (χ2v) is 7.59. The highest BCUT2D eigenvalue weighted by molar-refractivity contribution is 5.95. The SMILES string of the molecule is CCOCCOc1ccc(NCC(=O)Nc2cccc(NC(=O)CCc3ccccc3)c2)cc1. The van der Waals surface area contributed by atoms with Crippen LogP contribution in [0.15, 0.2) is 78.9 Å². The van der Waals surface area contributed by atoms with E-state index in [0.29, 0.717) is 44.0 Å². The molecule has 0 saturated carbocycles. The predicted molar refractivity (Wildman–Crippen MR) is 135 cm³/mol. The molecule has 0 spiro atoms. The lowest BCUT2D eigenvalue weighted by Gasteiger charge is -2.11. The second kappa shape index (κ2) is 13.6. The highest BCUT2D eigenvalue weighted by Gasteiger charge is 2.06. The topological polar surface area (TPSA) is 88.7 Å². The molecule has 3 N–H and O–H groups in total. The van der Waals surface area contributed by atoms with Gasteiger partial charge in [-0.15, -0.1) is 0 Å². The molecule has 0 radical (unpaired) electrons. The van der Waals surface area contributed by atoms with Gasteiger partial charge < -0.3 is 25.4 Å². The Bertz CT molecular complexity index is 1040. The number of hydrogen-bond acceptors (Lipinski definition) is 5. The van der Waals surface area contributed by atoms with Gasteiger partial charge in [-0.3, -0.25) is 9.59 Å². The Hall–Kier alpha value is -3.84. The molecule has 3 rings (SSSR count).